The topological polar surface area (TPSA) is 101 Å². The van der Waals surface area contributed by atoms with Gasteiger partial charge in [0, 0.05) is 36.6 Å². The van der Waals surface area contributed by atoms with Crippen LogP contribution in [-0.4, -0.2) is 44.7 Å². The Labute approximate surface area is 276 Å². The number of hydrogen-bond donors (Lipinski definition) is 1. The highest BCUT2D eigenvalue weighted by Crippen LogP contribution is 2.28. The van der Waals surface area contributed by atoms with Crippen molar-refractivity contribution < 1.29 is 32.5 Å². The van der Waals surface area contributed by atoms with Crippen LogP contribution in [0, 0.1) is 28.8 Å². The molecule has 8 nitrogen and oxygen atoms in total. The molecule has 12 heteroatoms. The quantitative estimate of drug-likeness (QED) is 0.129. The van der Waals surface area contributed by atoms with Gasteiger partial charge in [-0.25, -0.2) is 18.2 Å². The van der Waals surface area contributed by atoms with E-state index in [-0.39, 0.29) is 41.0 Å². The van der Waals surface area contributed by atoms with Crippen molar-refractivity contribution in [1.82, 2.24) is 14.5 Å². The third-order valence-corrected chi connectivity index (χ3v) is 8.45. The lowest BCUT2D eigenvalue weighted by Gasteiger charge is -2.32. The first-order valence-corrected chi connectivity index (χ1v) is 16.1. The number of carbonyl (C=O) groups is 1. The molecule has 47 heavy (non-hydrogen) atoms. The van der Waals surface area contributed by atoms with Crippen molar-refractivity contribution in [1.29, 1.82) is 5.26 Å². The smallest absolute Gasteiger partial charge is 0.307 e. The molecule has 0 saturated carbocycles. The third-order valence-electron chi connectivity index (χ3n) is 8.22. The van der Waals surface area contributed by atoms with Gasteiger partial charge in [-0.2, -0.15) is 5.26 Å². The lowest BCUT2D eigenvalue weighted by atomic mass is 10.1. The van der Waals surface area contributed by atoms with Gasteiger partial charge in [-0.3, -0.25) is 9.69 Å². The van der Waals surface area contributed by atoms with Crippen LogP contribution in [0.1, 0.15) is 61.9 Å². The molecule has 1 aromatic heterocycles. The molecule has 1 saturated heterocycles. The molecule has 0 bridgehead atoms. The first-order valence-electron chi connectivity index (χ1n) is 15.7. The first-order chi connectivity index (χ1) is 22.7. The van der Waals surface area contributed by atoms with Crippen LogP contribution in [0.3, 0.4) is 0 Å². The highest BCUT2D eigenvalue weighted by Gasteiger charge is 2.24. The average molecular weight is 669 g/mol. The van der Waals surface area contributed by atoms with Crippen molar-refractivity contribution in [2.75, 3.05) is 13.1 Å². The van der Waals surface area contributed by atoms with Crippen molar-refractivity contribution >= 4 is 28.6 Å². The summed E-state index contributed by atoms with van der Waals surface area (Å²) in [5, 5.41) is 18.3. The molecule has 5 rings (SSSR count). The normalized spacial score (nSPS) is 13.9. The molecule has 0 aliphatic carbocycles. The van der Waals surface area contributed by atoms with Crippen molar-refractivity contribution in [2.24, 2.45) is 0 Å². The van der Waals surface area contributed by atoms with E-state index in [2.05, 4.69) is 16.0 Å². The van der Waals surface area contributed by atoms with Crippen molar-refractivity contribution in [2.45, 2.75) is 77.2 Å². The van der Waals surface area contributed by atoms with Crippen molar-refractivity contribution in [3.8, 4) is 17.6 Å². The summed E-state index contributed by atoms with van der Waals surface area (Å²) in [5.41, 5.74) is 1.43. The Hall–Kier alpha value is -4.27. The number of hydrogen-bond acceptors (Lipinski definition) is 6. The van der Waals surface area contributed by atoms with E-state index in [4.69, 9.17) is 26.3 Å². The number of halogens is 4. The average Bonchev–Trinajstić information content (AvgIpc) is 3.37. The molecule has 1 N–H and O–H groups in total. The number of carboxylic acid groups (broad SMARTS) is 1. The predicted molar refractivity (Wildman–Crippen MR) is 171 cm³/mol. The fourth-order valence-electron chi connectivity index (χ4n) is 5.82. The Morgan fingerprint density at radius 1 is 1.00 bits per heavy atom. The monoisotopic (exact) mass is 668 g/mol. The fraction of sp³-hybridized carbons (Fsp3) is 0.400. The molecule has 0 radical (unpaired) electrons. The van der Waals surface area contributed by atoms with E-state index < -0.39 is 23.4 Å². The molecule has 0 amide bonds. The van der Waals surface area contributed by atoms with Gasteiger partial charge in [0.05, 0.1) is 24.6 Å². The Bertz CT molecular complexity index is 1750. The van der Waals surface area contributed by atoms with Crippen LogP contribution < -0.4 is 9.47 Å². The lowest BCUT2D eigenvalue weighted by Crippen LogP contribution is -2.38. The number of aryl methyl sites for hydroxylation is 1. The number of unbranched alkanes of at least 4 members (excludes halogenated alkanes) is 4. The second-order valence-electron chi connectivity index (χ2n) is 11.7. The van der Waals surface area contributed by atoms with Gasteiger partial charge >= 0.3 is 5.97 Å². The highest BCUT2D eigenvalue weighted by atomic mass is 35.5. The SMILES string of the molecule is N#CCCCCCCn1c(CN2CCC(Oc3ccc(F)c(COc4ccc(Cl)cc4F)c3)CC2)nc2c(F)cc(CC(=O)O)cc21. The second-order valence-corrected chi connectivity index (χ2v) is 12.2. The van der Waals surface area contributed by atoms with Crippen molar-refractivity contribution in [3.05, 3.63) is 88.0 Å². The van der Waals surface area contributed by atoms with Crippen LogP contribution in [-0.2, 0) is 30.9 Å². The zero-order valence-electron chi connectivity index (χ0n) is 25.9. The maximum absolute atomic E-state index is 15.1. The third kappa shape index (κ3) is 9.18. The van der Waals surface area contributed by atoms with E-state index >= 15 is 4.39 Å². The number of likely N-dealkylation sites (tertiary alicyclic amines) is 1. The Kier molecular flexibility index (Phi) is 11.6. The highest BCUT2D eigenvalue weighted by molar-refractivity contribution is 6.30. The maximum Gasteiger partial charge on any atom is 0.307 e. The molecule has 0 unspecified atom stereocenters. The van der Waals surface area contributed by atoms with Gasteiger partial charge in [-0.1, -0.05) is 24.4 Å². The summed E-state index contributed by atoms with van der Waals surface area (Å²) in [7, 11) is 0. The van der Waals surface area contributed by atoms with Gasteiger partial charge in [0.2, 0.25) is 0 Å². The number of benzene rings is 3. The predicted octanol–water partition coefficient (Wildman–Crippen LogP) is 7.83. The van der Waals surface area contributed by atoms with Gasteiger partial charge in [-0.15, -0.1) is 0 Å². The Balaban J connectivity index is 1.21. The summed E-state index contributed by atoms with van der Waals surface area (Å²) in [6.45, 7) is 2.31. The van der Waals surface area contributed by atoms with Crippen molar-refractivity contribution in [3.63, 3.8) is 0 Å². The number of piperidine rings is 1. The summed E-state index contributed by atoms with van der Waals surface area (Å²) in [6.07, 6.45) is 5.03. The van der Waals surface area contributed by atoms with E-state index in [1.165, 1.54) is 24.3 Å². The van der Waals surface area contributed by atoms with Gasteiger partial charge < -0.3 is 19.1 Å². The number of nitrogens with zero attached hydrogens (tertiary/aromatic N) is 4. The zero-order valence-corrected chi connectivity index (χ0v) is 26.6. The van der Waals surface area contributed by atoms with Crippen LogP contribution in [0.2, 0.25) is 5.02 Å². The summed E-state index contributed by atoms with van der Waals surface area (Å²) >= 11 is 5.79. The van der Waals surface area contributed by atoms with Crippen LogP contribution in [0.4, 0.5) is 13.2 Å². The molecule has 1 aliphatic rings. The van der Waals surface area contributed by atoms with Crippen LogP contribution >= 0.6 is 11.6 Å². The number of nitriles is 1. The van der Waals surface area contributed by atoms with E-state index in [9.17, 15) is 18.7 Å². The molecule has 0 atom stereocenters. The first kappa shape index (κ1) is 34.1. The number of aromatic nitrogens is 2. The minimum atomic E-state index is -1.03. The summed E-state index contributed by atoms with van der Waals surface area (Å²) in [6, 6.07) is 13.6. The number of carboxylic acids is 1. The molecular weight excluding hydrogens is 633 g/mol. The van der Waals surface area contributed by atoms with Gasteiger partial charge in [0.1, 0.15) is 35.6 Å². The number of fused-ring (bicyclic) bond motifs is 1. The summed E-state index contributed by atoms with van der Waals surface area (Å²) in [5.74, 6) is -1.52. The largest absolute Gasteiger partial charge is 0.490 e. The minimum absolute atomic E-state index is 0.0277. The van der Waals surface area contributed by atoms with Crippen LogP contribution in [0.25, 0.3) is 11.0 Å². The van der Waals surface area contributed by atoms with Crippen LogP contribution in [0.15, 0.2) is 48.5 Å². The molecule has 1 fully saturated rings. The number of imidazole rings is 1. The summed E-state index contributed by atoms with van der Waals surface area (Å²) < 4.78 is 57.3. The second kappa shape index (κ2) is 16.0. The molecule has 248 valence electrons. The van der Waals surface area contributed by atoms with E-state index in [0.29, 0.717) is 68.1 Å². The van der Waals surface area contributed by atoms with Crippen LogP contribution in [0.5, 0.6) is 11.5 Å². The van der Waals surface area contributed by atoms with E-state index in [1.54, 1.807) is 18.2 Å². The van der Waals surface area contributed by atoms with E-state index in [0.717, 1.165) is 31.7 Å². The molecule has 4 aromatic rings. The zero-order chi connectivity index (χ0) is 33.3. The number of aliphatic carboxylic acids is 1. The maximum atomic E-state index is 15.1. The Morgan fingerprint density at radius 2 is 1.79 bits per heavy atom. The summed E-state index contributed by atoms with van der Waals surface area (Å²) in [4.78, 5) is 18.2. The minimum Gasteiger partial charge on any atom is -0.490 e. The van der Waals surface area contributed by atoms with Gasteiger partial charge in [0.25, 0.3) is 0 Å². The standard InChI is InChI=1S/C35H36ClF3N4O4/c36-25-6-9-32(29(38)20-25)46-22-24-19-27(7-8-28(24)37)47-26-10-14-42(15-11-26)21-33-41-35-30(39)16-23(18-34(44)45)17-31(35)43(33)13-5-3-1-2-4-12-40/h6-9,16-17,19-20,26H,1-5,10-11,13-15,18,21-22H2,(H,44,45). The molecule has 0 spiro atoms. The lowest BCUT2D eigenvalue weighted by molar-refractivity contribution is -0.136. The van der Waals surface area contributed by atoms with Gasteiger partial charge in [0.15, 0.2) is 17.4 Å². The van der Waals surface area contributed by atoms with Gasteiger partial charge in [-0.05, 0) is 79.8 Å². The molecule has 2 heterocycles. The molecular formula is C35H36ClF3N4O4. The fourth-order valence-corrected chi connectivity index (χ4v) is 5.98. The number of ether oxygens (including phenoxy) is 2. The molecule has 1 aliphatic heterocycles. The number of rotatable bonds is 15. The molecule has 3 aromatic carbocycles. The Morgan fingerprint density at radius 3 is 2.53 bits per heavy atom. The van der Waals surface area contributed by atoms with E-state index in [1.807, 2.05) is 4.57 Å².